The van der Waals surface area contributed by atoms with Gasteiger partial charge in [0.1, 0.15) is 0 Å². The zero-order valence-electron chi connectivity index (χ0n) is 14.6. The van der Waals surface area contributed by atoms with Crippen molar-refractivity contribution in [3.05, 3.63) is 0 Å². The van der Waals surface area contributed by atoms with Gasteiger partial charge < -0.3 is 15.2 Å². The zero-order chi connectivity index (χ0) is 15.7. The molecular weight excluding hydrogens is 262 g/mol. The Balaban J connectivity index is 1.70. The first kappa shape index (κ1) is 17.2. The van der Waals surface area contributed by atoms with Gasteiger partial charge >= 0.3 is 0 Å². The maximum absolute atomic E-state index is 10.0. The Hall–Kier alpha value is -0.120. The first-order valence-corrected chi connectivity index (χ1v) is 8.84. The standard InChI is InChI=1S/C18H35NO2/c1-6-13(2)19-12-15(20)8-10-21-16-11-14-7-9-18(16,5)17(14,3)4/h13-16,19-20H,6-12H2,1-5H3/t13-,14+,15+,16-,18+/m1/s1. The number of aliphatic hydroxyl groups excluding tert-OH is 1. The van der Waals surface area contributed by atoms with Crippen LogP contribution >= 0.6 is 0 Å². The number of nitrogens with one attached hydrogen (secondary N) is 1. The van der Waals surface area contributed by atoms with E-state index in [0.29, 0.717) is 36.1 Å². The van der Waals surface area contributed by atoms with Gasteiger partial charge in [0.15, 0.2) is 0 Å². The summed E-state index contributed by atoms with van der Waals surface area (Å²) in [5, 5.41) is 13.4. The second kappa shape index (κ2) is 6.55. The van der Waals surface area contributed by atoms with Gasteiger partial charge in [-0.1, -0.05) is 27.7 Å². The third-order valence-corrected chi connectivity index (χ3v) is 6.80. The van der Waals surface area contributed by atoms with Gasteiger partial charge in [-0.05, 0) is 55.8 Å². The van der Waals surface area contributed by atoms with E-state index in [0.717, 1.165) is 18.8 Å². The SMILES string of the molecule is CC[C@@H](C)NC[C@@H](O)CCO[C@@H]1C[C@@H]2CC[C@]1(C)C2(C)C. The Morgan fingerprint density at radius 2 is 2.05 bits per heavy atom. The van der Waals surface area contributed by atoms with Crippen molar-refractivity contribution in [1.82, 2.24) is 5.32 Å². The van der Waals surface area contributed by atoms with E-state index in [1.165, 1.54) is 19.3 Å². The highest BCUT2D eigenvalue weighted by Gasteiger charge is 2.61. The van der Waals surface area contributed by atoms with Crippen molar-refractivity contribution in [2.24, 2.45) is 16.7 Å². The predicted octanol–water partition coefficient (Wildman–Crippen LogP) is 3.36. The van der Waals surface area contributed by atoms with Gasteiger partial charge in [0, 0.05) is 19.2 Å². The highest BCUT2D eigenvalue weighted by atomic mass is 16.5. The summed E-state index contributed by atoms with van der Waals surface area (Å²) < 4.78 is 6.19. The molecule has 0 amide bonds. The fourth-order valence-electron chi connectivity index (χ4n) is 4.31. The van der Waals surface area contributed by atoms with Gasteiger partial charge in [-0.2, -0.15) is 0 Å². The summed E-state index contributed by atoms with van der Waals surface area (Å²) in [6.45, 7) is 12.9. The van der Waals surface area contributed by atoms with Crippen molar-refractivity contribution in [3.8, 4) is 0 Å². The summed E-state index contributed by atoms with van der Waals surface area (Å²) in [7, 11) is 0. The summed E-state index contributed by atoms with van der Waals surface area (Å²) in [5.41, 5.74) is 0.742. The molecule has 2 saturated carbocycles. The number of hydrogen-bond acceptors (Lipinski definition) is 3. The Labute approximate surface area is 130 Å². The van der Waals surface area contributed by atoms with Gasteiger partial charge in [0.2, 0.25) is 0 Å². The minimum absolute atomic E-state index is 0.293. The van der Waals surface area contributed by atoms with Crippen LogP contribution in [0.1, 0.15) is 66.7 Å². The molecule has 0 saturated heterocycles. The van der Waals surface area contributed by atoms with E-state index >= 15 is 0 Å². The lowest BCUT2D eigenvalue weighted by atomic mass is 9.70. The van der Waals surface area contributed by atoms with Crippen LogP contribution in [0, 0.1) is 16.7 Å². The number of hydrogen-bond donors (Lipinski definition) is 2. The number of rotatable bonds is 8. The monoisotopic (exact) mass is 297 g/mol. The molecule has 21 heavy (non-hydrogen) atoms. The van der Waals surface area contributed by atoms with Crippen LogP contribution in [0.2, 0.25) is 0 Å². The molecule has 3 nitrogen and oxygen atoms in total. The van der Waals surface area contributed by atoms with Crippen LogP contribution in [0.5, 0.6) is 0 Å². The highest BCUT2D eigenvalue weighted by molar-refractivity contribution is 5.11. The smallest absolute Gasteiger partial charge is 0.0686 e. The first-order valence-electron chi connectivity index (χ1n) is 8.84. The molecular formula is C18H35NO2. The molecule has 2 aliphatic carbocycles. The third kappa shape index (κ3) is 3.30. The lowest BCUT2D eigenvalue weighted by molar-refractivity contribution is -0.0546. The summed E-state index contributed by atoms with van der Waals surface area (Å²) in [5.74, 6) is 0.824. The minimum atomic E-state index is -0.293. The van der Waals surface area contributed by atoms with Crippen LogP contribution in [0.25, 0.3) is 0 Å². The zero-order valence-corrected chi connectivity index (χ0v) is 14.6. The molecule has 2 rings (SSSR count). The quantitative estimate of drug-likeness (QED) is 0.722. The first-order chi connectivity index (χ1) is 9.81. The molecule has 0 spiro atoms. The molecule has 2 bridgehead atoms. The fraction of sp³-hybridized carbons (Fsp3) is 1.00. The van der Waals surface area contributed by atoms with Crippen molar-refractivity contribution in [2.75, 3.05) is 13.2 Å². The third-order valence-electron chi connectivity index (χ3n) is 6.80. The molecule has 0 aromatic rings. The lowest BCUT2D eigenvalue weighted by Gasteiger charge is -2.39. The summed E-state index contributed by atoms with van der Waals surface area (Å²) in [6, 6.07) is 0.478. The number of fused-ring (bicyclic) bond motifs is 2. The molecule has 2 aliphatic rings. The van der Waals surface area contributed by atoms with Gasteiger partial charge in [-0.15, -0.1) is 0 Å². The largest absolute Gasteiger partial charge is 0.392 e. The van der Waals surface area contributed by atoms with Gasteiger partial charge in [-0.3, -0.25) is 0 Å². The van der Waals surface area contributed by atoms with E-state index < -0.39 is 0 Å². The number of aliphatic hydroxyl groups is 1. The van der Waals surface area contributed by atoms with Crippen LogP contribution in [-0.4, -0.2) is 36.5 Å². The van der Waals surface area contributed by atoms with Crippen LogP contribution in [0.3, 0.4) is 0 Å². The van der Waals surface area contributed by atoms with Crippen molar-refractivity contribution in [3.63, 3.8) is 0 Å². The van der Waals surface area contributed by atoms with Gasteiger partial charge in [-0.25, -0.2) is 0 Å². The van der Waals surface area contributed by atoms with Crippen molar-refractivity contribution >= 4 is 0 Å². The van der Waals surface area contributed by atoms with Crippen LogP contribution < -0.4 is 5.32 Å². The molecule has 124 valence electrons. The fourth-order valence-corrected chi connectivity index (χ4v) is 4.31. The van der Waals surface area contributed by atoms with E-state index in [4.69, 9.17) is 4.74 Å². The van der Waals surface area contributed by atoms with E-state index in [1.807, 2.05) is 0 Å². The van der Waals surface area contributed by atoms with E-state index in [1.54, 1.807) is 0 Å². The Bertz CT molecular complexity index is 344. The average molecular weight is 297 g/mol. The minimum Gasteiger partial charge on any atom is -0.392 e. The molecule has 0 aliphatic heterocycles. The predicted molar refractivity (Wildman–Crippen MR) is 87.3 cm³/mol. The molecule has 0 unspecified atom stereocenters. The lowest BCUT2D eigenvalue weighted by Crippen LogP contribution is -2.38. The highest BCUT2D eigenvalue weighted by Crippen LogP contribution is 2.66. The summed E-state index contributed by atoms with van der Waals surface area (Å²) >= 11 is 0. The molecule has 2 fully saturated rings. The molecule has 0 heterocycles. The average Bonchev–Trinajstić information content (AvgIpc) is 2.77. The van der Waals surface area contributed by atoms with Gasteiger partial charge in [0.25, 0.3) is 0 Å². The van der Waals surface area contributed by atoms with Crippen molar-refractivity contribution in [1.29, 1.82) is 0 Å². The van der Waals surface area contributed by atoms with Crippen LogP contribution in [0.4, 0.5) is 0 Å². The van der Waals surface area contributed by atoms with E-state index in [2.05, 4.69) is 39.9 Å². The Kier molecular flexibility index (Phi) is 5.38. The molecule has 2 N–H and O–H groups in total. The maximum Gasteiger partial charge on any atom is 0.0686 e. The molecule has 3 heteroatoms. The Morgan fingerprint density at radius 3 is 2.57 bits per heavy atom. The topological polar surface area (TPSA) is 41.5 Å². The molecule has 0 aromatic heterocycles. The van der Waals surface area contributed by atoms with E-state index in [-0.39, 0.29) is 6.10 Å². The summed E-state index contributed by atoms with van der Waals surface area (Å²) in [6.07, 6.45) is 5.81. The van der Waals surface area contributed by atoms with Crippen molar-refractivity contribution < 1.29 is 9.84 Å². The van der Waals surface area contributed by atoms with Crippen LogP contribution in [0.15, 0.2) is 0 Å². The van der Waals surface area contributed by atoms with Crippen LogP contribution in [-0.2, 0) is 4.74 Å². The molecule has 0 aromatic carbocycles. The van der Waals surface area contributed by atoms with Gasteiger partial charge in [0.05, 0.1) is 12.2 Å². The summed E-state index contributed by atoms with van der Waals surface area (Å²) in [4.78, 5) is 0. The number of ether oxygens (including phenoxy) is 1. The maximum atomic E-state index is 10.0. The second-order valence-electron chi connectivity index (χ2n) is 8.13. The Morgan fingerprint density at radius 1 is 1.33 bits per heavy atom. The van der Waals surface area contributed by atoms with Crippen molar-refractivity contribution in [2.45, 2.75) is 85.0 Å². The van der Waals surface area contributed by atoms with E-state index in [9.17, 15) is 5.11 Å². The normalized spacial score (nSPS) is 36.9. The molecule has 5 atom stereocenters. The molecule has 0 radical (unpaired) electrons. The second-order valence-corrected chi connectivity index (χ2v) is 8.13.